The Morgan fingerprint density at radius 2 is 2.00 bits per heavy atom. The van der Waals surface area contributed by atoms with Crippen LogP contribution in [-0.4, -0.2) is 31.7 Å². The van der Waals surface area contributed by atoms with Crippen LogP contribution in [0, 0.1) is 0 Å². The van der Waals surface area contributed by atoms with Crippen LogP contribution >= 0.6 is 12.4 Å². The number of hydrogen-bond acceptors (Lipinski definition) is 3. The summed E-state index contributed by atoms with van der Waals surface area (Å²) >= 11 is 0. The fourth-order valence-corrected chi connectivity index (χ4v) is 0.895. The van der Waals surface area contributed by atoms with E-state index in [1.54, 1.807) is 6.92 Å². The molecule has 0 aromatic rings. The van der Waals surface area contributed by atoms with Crippen LogP contribution in [0.3, 0.4) is 0 Å². The molecular formula is C10H23ClN2O2. The van der Waals surface area contributed by atoms with Crippen molar-refractivity contribution < 1.29 is 9.53 Å². The van der Waals surface area contributed by atoms with Gasteiger partial charge in [-0.3, -0.25) is 4.79 Å². The van der Waals surface area contributed by atoms with Gasteiger partial charge in [0, 0.05) is 19.8 Å². The van der Waals surface area contributed by atoms with Crippen molar-refractivity contribution in [2.45, 2.75) is 39.2 Å². The zero-order valence-electron chi connectivity index (χ0n) is 9.62. The van der Waals surface area contributed by atoms with Crippen molar-refractivity contribution in [3.05, 3.63) is 0 Å². The predicted octanol–water partition coefficient (Wildman–Crippen LogP) is 1.08. The maximum Gasteiger partial charge on any atom is 0.236 e. The third-order valence-corrected chi connectivity index (χ3v) is 1.82. The van der Waals surface area contributed by atoms with Crippen molar-refractivity contribution in [2.75, 3.05) is 19.8 Å². The standard InChI is InChI=1S/C10H22N2O2.ClH/c1-3-4-7-14-8-5-6-12-10(13)9(2)11;/h9H,3-8,11H2,1-2H3,(H,12,13);1H. The van der Waals surface area contributed by atoms with E-state index in [0.717, 1.165) is 25.9 Å². The van der Waals surface area contributed by atoms with Gasteiger partial charge in [0.1, 0.15) is 0 Å². The van der Waals surface area contributed by atoms with E-state index in [1.807, 2.05) is 0 Å². The molecule has 5 heteroatoms. The fourth-order valence-electron chi connectivity index (χ4n) is 0.895. The molecule has 0 saturated heterocycles. The van der Waals surface area contributed by atoms with Gasteiger partial charge < -0.3 is 15.8 Å². The lowest BCUT2D eigenvalue weighted by molar-refractivity contribution is -0.122. The fraction of sp³-hybridized carbons (Fsp3) is 0.900. The molecule has 1 unspecified atom stereocenters. The number of carbonyl (C=O) groups is 1. The van der Waals surface area contributed by atoms with Gasteiger partial charge in [-0.25, -0.2) is 0 Å². The minimum absolute atomic E-state index is 0. The summed E-state index contributed by atoms with van der Waals surface area (Å²) < 4.78 is 5.33. The van der Waals surface area contributed by atoms with Crippen LogP contribution in [0.5, 0.6) is 0 Å². The molecule has 15 heavy (non-hydrogen) atoms. The zero-order valence-corrected chi connectivity index (χ0v) is 10.4. The number of unbranched alkanes of at least 4 members (excludes halogenated alkanes) is 1. The summed E-state index contributed by atoms with van der Waals surface area (Å²) in [5, 5.41) is 2.73. The van der Waals surface area contributed by atoms with Gasteiger partial charge in [-0.05, 0) is 19.8 Å². The van der Waals surface area contributed by atoms with Crippen LogP contribution < -0.4 is 11.1 Å². The van der Waals surface area contributed by atoms with E-state index >= 15 is 0 Å². The summed E-state index contributed by atoms with van der Waals surface area (Å²) in [4.78, 5) is 11.0. The molecule has 0 spiro atoms. The summed E-state index contributed by atoms with van der Waals surface area (Å²) in [5.74, 6) is -0.0986. The Kier molecular flexibility index (Phi) is 13.4. The molecule has 0 radical (unpaired) electrons. The monoisotopic (exact) mass is 238 g/mol. The van der Waals surface area contributed by atoms with Gasteiger partial charge in [0.25, 0.3) is 0 Å². The van der Waals surface area contributed by atoms with Crippen molar-refractivity contribution in [3.8, 4) is 0 Å². The Morgan fingerprint density at radius 3 is 2.53 bits per heavy atom. The van der Waals surface area contributed by atoms with Crippen LogP contribution in [0.15, 0.2) is 0 Å². The number of hydrogen-bond donors (Lipinski definition) is 2. The molecule has 0 fully saturated rings. The number of ether oxygens (including phenoxy) is 1. The molecule has 0 aromatic carbocycles. The maximum atomic E-state index is 11.0. The molecule has 4 nitrogen and oxygen atoms in total. The highest BCUT2D eigenvalue weighted by molar-refractivity contribution is 5.85. The maximum absolute atomic E-state index is 11.0. The van der Waals surface area contributed by atoms with E-state index in [2.05, 4.69) is 12.2 Å². The number of amides is 1. The summed E-state index contributed by atoms with van der Waals surface area (Å²) in [6.07, 6.45) is 3.11. The molecule has 92 valence electrons. The second kappa shape index (κ2) is 11.8. The van der Waals surface area contributed by atoms with E-state index in [9.17, 15) is 4.79 Å². The second-order valence-corrected chi connectivity index (χ2v) is 3.40. The molecule has 0 aliphatic heterocycles. The highest BCUT2D eigenvalue weighted by Gasteiger charge is 2.04. The van der Waals surface area contributed by atoms with Gasteiger partial charge in [-0.2, -0.15) is 0 Å². The predicted molar refractivity (Wildman–Crippen MR) is 64.3 cm³/mol. The largest absolute Gasteiger partial charge is 0.381 e. The molecule has 0 rings (SSSR count). The van der Waals surface area contributed by atoms with Crippen LogP contribution in [0.1, 0.15) is 33.1 Å². The first-order valence-electron chi connectivity index (χ1n) is 5.29. The average molecular weight is 239 g/mol. The van der Waals surface area contributed by atoms with Crippen molar-refractivity contribution in [3.63, 3.8) is 0 Å². The van der Waals surface area contributed by atoms with Gasteiger partial charge in [0.15, 0.2) is 0 Å². The number of carbonyl (C=O) groups excluding carboxylic acids is 1. The van der Waals surface area contributed by atoms with Crippen LogP contribution in [-0.2, 0) is 9.53 Å². The third kappa shape index (κ3) is 11.6. The summed E-state index contributed by atoms with van der Waals surface area (Å²) in [6.45, 7) is 5.97. The lowest BCUT2D eigenvalue weighted by atomic mass is 10.3. The van der Waals surface area contributed by atoms with E-state index in [0.29, 0.717) is 13.2 Å². The summed E-state index contributed by atoms with van der Waals surface area (Å²) in [7, 11) is 0. The molecule has 0 saturated carbocycles. The molecule has 3 N–H and O–H groups in total. The lowest BCUT2D eigenvalue weighted by Crippen LogP contribution is -2.38. The second-order valence-electron chi connectivity index (χ2n) is 3.40. The Labute approximate surface area is 98.3 Å². The van der Waals surface area contributed by atoms with Crippen molar-refractivity contribution in [1.82, 2.24) is 5.32 Å². The normalized spacial score (nSPS) is 11.7. The number of nitrogens with two attached hydrogens (primary N) is 1. The third-order valence-electron chi connectivity index (χ3n) is 1.82. The Bertz CT molecular complexity index is 154. The first kappa shape index (κ1) is 17.1. The Hall–Kier alpha value is -0.320. The summed E-state index contributed by atoms with van der Waals surface area (Å²) in [6, 6.07) is -0.420. The molecule has 0 heterocycles. The Morgan fingerprint density at radius 1 is 1.40 bits per heavy atom. The average Bonchev–Trinajstić information content (AvgIpc) is 2.16. The topological polar surface area (TPSA) is 64.3 Å². The SMILES string of the molecule is CCCCOCCCNC(=O)C(C)N.Cl. The first-order chi connectivity index (χ1) is 6.68. The molecule has 0 aliphatic carbocycles. The minimum atomic E-state index is -0.420. The van der Waals surface area contributed by atoms with Gasteiger partial charge >= 0.3 is 0 Å². The van der Waals surface area contributed by atoms with E-state index in [4.69, 9.17) is 10.5 Å². The molecule has 0 bridgehead atoms. The van der Waals surface area contributed by atoms with Crippen molar-refractivity contribution in [1.29, 1.82) is 0 Å². The highest BCUT2D eigenvalue weighted by Crippen LogP contribution is 1.89. The molecular weight excluding hydrogens is 216 g/mol. The van der Waals surface area contributed by atoms with Gasteiger partial charge in [0.2, 0.25) is 5.91 Å². The van der Waals surface area contributed by atoms with Crippen LogP contribution in [0.2, 0.25) is 0 Å². The van der Waals surface area contributed by atoms with Gasteiger partial charge in [0.05, 0.1) is 6.04 Å². The van der Waals surface area contributed by atoms with Crippen LogP contribution in [0.25, 0.3) is 0 Å². The van der Waals surface area contributed by atoms with Crippen molar-refractivity contribution in [2.24, 2.45) is 5.73 Å². The zero-order chi connectivity index (χ0) is 10.8. The lowest BCUT2D eigenvalue weighted by Gasteiger charge is -2.07. The minimum Gasteiger partial charge on any atom is -0.381 e. The molecule has 1 atom stereocenters. The smallest absolute Gasteiger partial charge is 0.236 e. The summed E-state index contributed by atoms with van der Waals surface area (Å²) in [5.41, 5.74) is 5.37. The Balaban J connectivity index is 0. The first-order valence-corrected chi connectivity index (χ1v) is 5.29. The molecule has 0 aromatic heterocycles. The number of rotatable bonds is 8. The number of halogens is 1. The molecule has 1 amide bonds. The highest BCUT2D eigenvalue weighted by atomic mass is 35.5. The van der Waals surface area contributed by atoms with Crippen LogP contribution in [0.4, 0.5) is 0 Å². The van der Waals surface area contributed by atoms with E-state index in [-0.39, 0.29) is 18.3 Å². The van der Waals surface area contributed by atoms with E-state index in [1.165, 1.54) is 0 Å². The quantitative estimate of drug-likeness (QED) is 0.622. The van der Waals surface area contributed by atoms with Gasteiger partial charge in [-0.1, -0.05) is 13.3 Å². The van der Waals surface area contributed by atoms with Gasteiger partial charge in [-0.15, -0.1) is 12.4 Å². The number of nitrogens with one attached hydrogen (secondary N) is 1. The van der Waals surface area contributed by atoms with E-state index < -0.39 is 6.04 Å². The molecule has 0 aliphatic rings. The van der Waals surface area contributed by atoms with Crippen molar-refractivity contribution >= 4 is 18.3 Å².